The predicted octanol–water partition coefficient (Wildman–Crippen LogP) is 3.59. The van der Waals surface area contributed by atoms with Crippen molar-refractivity contribution in [2.24, 2.45) is 0 Å². The van der Waals surface area contributed by atoms with Crippen LogP contribution in [-0.4, -0.2) is 44.2 Å². The van der Waals surface area contributed by atoms with Crippen molar-refractivity contribution in [3.8, 4) is 0 Å². The highest BCUT2D eigenvalue weighted by Crippen LogP contribution is 2.21. The predicted molar refractivity (Wildman–Crippen MR) is 96.7 cm³/mol. The first-order valence-corrected chi connectivity index (χ1v) is 8.54. The molecule has 0 unspecified atom stereocenters. The highest BCUT2D eigenvalue weighted by Gasteiger charge is 2.16. The molecule has 0 spiro atoms. The first-order chi connectivity index (χ1) is 12.0. The normalized spacial score (nSPS) is 14.4. The Morgan fingerprint density at radius 2 is 1.88 bits per heavy atom. The van der Waals surface area contributed by atoms with Gasteiger partial charge in [-0.25, -0.2) is 4.39 Å². The van der Waals surface area contributed by atoms with Gasteiger partial charge in [-0.3, -0.25) is 4.79 Å². The second-order valence-electron chi connectivity index (χ2n) is 6.05. The Balaban J connectivity index is 1.65. The van der Waals surface area contributed by atoms with Crippen LogP contribution in [0.15, 0.2) is 42.5 Å². The molecule has 6 heteroatoms. The van der Waals surface area contributed by atoms with Crippen molar-refractivity contribution in [1.82, 2.24) is 4.90 Å². The van der Waals surface area contributed by atoms with Crippen molar-refractivity contribution in [1.29, 1.82) is 0 Å². The van der Waals surface area contributed by atoms with Crippen molar-refractivity contribution in [3.05, 3.63) is 64.4 Å². The Bertz CT molecular complexity index is 746. The number of ether oxygens (including phenoxy) is 1. The van der Waals surface area contributed by atoms with Crippen molar-refractivity contribution < 1.29 is 13.9 Å². The molecule has 0 aliphatic carbocycles. The summed E-state index contributed by atoms with van der Waals surface area (Å²) in [7, 11) is 1.71. The molecule has 3 rings (SSSR count). The third-order valence-corrected chi connectivity index (χ3v) is 4.55. The van der Waals surface area contributed by atoms with Crippen molar-refractivity contribution in [2.75, 3.05) is 38.3 Å². The molecular weight excluding hydrogens is 343 g/mol. The highest BCUT2D eigenvalue weighted by molar-refractivity contribution is 6.33. The van der Waals surface area contributed by atoms with Gasteiger partial charge >= 0.3 is 0 Å². The van der Waals surface area contributed by atoms with E-state index < -0.39 is 5.82 Å². The fraction of sp³-hybridized carbons (Fsp3) is 0.316. The van der Waals surface area contributed by atoms with Crippen LogP contribution in [0.25, 0.3) is 0 Å². The maximum atomic E-state index is 13.1. The van der Waals surface area contributed by atoms with E-state index in [0.29, 0.717) is 12.1 Å². The van der Waals surface area contributed by atoms with E-state index >= 15 is 0 Å². The van der Waals surface area contributed by atoms with Crippen molar-refractivity contribution in [2.45, 2.75) is 6.54 Å². The molecule has 0 radical (unpaired) electrons. The Labute approximate surface area is 151 Å². The van der Waals surface area contributed by atoms with Crippen molar-refractivity contribution in [3.63, 3.8) is 0 Å². The number of benzene rings is 2. The molecule has 132 valence electrons. The summed E-state index contributed by atoms with van der Waals surface area (Å²) >= 11 is 5.98. The molecule has 1 heterocycles. The van der Waals surface area contributed by atoms with E-state index in [4.69, 9.17) is 16.3 Å². The van der Waals surface area contributed by atoms with Gasteiger partial charge in [0.25, 0.3) is 5.91 Å². The fourth-order valence-corrected chi connectivity index (χ4v) is 3.10. The fourth-order valence-electron chi connectivity index (χ4n) is 2.85. The second-order valence-corrected chi connectivity index (χ2v) is 6.46. The Morgan fingerprint density at radius 1 is 1.20 bits per heavy atom. The van der Waals surface area contributed by atoms with Crippen molar-refractivity contribution >= 4 is 23.2 Å². The van der Waals surface area contributed by atoms with Gasteiger partial charge in [-0.1, -0.05) is 23.7 Å². The number of nitrogens with zero attached hydrogens (tertiary/aromatic N) is 2. The molecule has 0 bridgehead atoms. The third kappa shape index (κ3) is 4.30. The average Bonchev–Trinajstić information content (AvgIpc) is 2.62. The number of carbonyl (C=O) groups excluding carboxylic acids is 1. The summed E-state index contributed by atoms with van der Waals surface area (Å²) in [4.78, 5) is 16.3. The number of hydrogen-bond acceptors (Lipinski definition) is 3. The minimum absolute atomic E-state index is 0.125. The van der Waals surface area contributed by atoms with Crippen LogP contribution in [0, 0.1) is 5.82 Å². The first kappa shape index (κ1) is 17.7. The topological polar surface area (TPSA) is 32.8 Å². The van der Waals surface area contributed by atoms with E-state index in [1.54, 1.807) is 11.9 Å². The van der Waals surface area contributed by atoms with E-state index in [2.05, 4.69) is 17.0 Å². The molecule has 2 aromatic rings. The van der Waals surface area contributed by atoms with Crippen LogP contribution in [0.1, 0.15) is 15.9 Å². The van der Waals surface area contributed by atoms with Gasteiger partial charge in [0.05, 0.1) is 23.8 Å². The first-order valence-electron chi connectivity index (χ1n) is 8.17. The number of morpholine rings is 1. The number of anilines is 1. The van der Waals surface area contributed by atoms with Crippen LogP contribution in [-0.2, 0) is 11.3 Å². The summed E-state index contributed by atoms with van der Waals surface area (Å²) in [5, 5.41) is 0.125. The lowest BCUT2D eigenvalue weighted by atomic mass is 10.1. The van der Waals surface area contributed by atoms with Gasteiger partial charge in [0.1, 0.15) is 5.82 Å². The summed E-state index contributed by atoms with van der Waals surface area (Å²) in [6.07, 6.45) is 0. The lowest BCUT2D eigenvalue weighted by Crippen LogP contribution is -2.36. The lowest BCUT2D eigenvalue weighted by molar-refractivity contribution is 0.0785. The summed E-state index contributed by atoms with van der Waals surface area (Å²) in [6.45, 7) is 3.73. The monoisotopic (exact) mass is 362 g/mol. The van der Waals surface area contributed by atoms with Gasteiger partial charge in [0.2, 0.25) is 0 Å². The van der Waals surface area contributed by atoms with E-state index in [0.717, 1.165) is 43.6 Å². The van der Waals surface area contributed by atoms with Gasteiger partial charge in [0, 0.05) is 32.4 Å². The van der Waals surface area contributed by atoms with Gasteiger partial charge in [-0.2, -0.15) is 0 Å². The van der Waals surface area contributed by atoms with Crippen LogP contribution in [0.2, 0.25) is 5.02 Å². The number of halogens is 2. The molecule has 0 aromatic heterocycles. The summed E-state index contributed by atoms with van der Waals surface area (Å²) in [6, 6.07) is 12.0. The van der Waals surface area contributed by atoms with E-state index in [-0.39, 0.29) is 10.9 Å². The average molecular weight is 363 g/mol. The molecule has 1 saturated heterocycles. The quantitative estimate of drug-likeness (QED) is 0.833. The lowest BCUT2D eigenvalue weighted by Gasteiger charge is -2.29. The van der Waals surface area contributed by atoms with Crippen LogP contribution < -0.4 is 4.90 Å². The molecule has 1 fully saturated rings. The Hall–Kier alpha value is -2.11. The molecular formula is C19H20ClFN2O2. The number of carbonyl (C=O) groups is 1. The highest BCUT2D eigenvalue weighted by atomic mass is 35.5. The summed E-state index contributed by atoms with van der Waals surface area (Å²) in [5.74, 6) is -0.690. The standard InChI is InChI=1S/C19H20ClFN2O2/c1-22(19(24)17-7-4-15(21)12-18(17)20)13-14-2-5-16(6-3-14)23-8-10-25-11-9-23/h2-7,12H,8-11,13H2,1H3. The zero-order chi connectivity index (χ0) is 17.8. The van der Waals surface area contributed by atoms with Crippen LogP contribution >= 0.6 is 11.6 Å². The smallest absolute Gasteiger partial charge is 0.255 e. The molecule has 0 saturated carbocycles. The zero-order valence-electron chi connectivity index (χ0n) is 14.0. The number of rotatable bonds is 4. The largest absolute Gasteiger partial charge is 0.378 e. The van der Waals surface area contributed by atoms with Gasteiger partial charge in [-0.15, -0.1) is 0 Å². The maximum absolute atomic E-state index is 13.1. The molecule has 1 amide bonds. The Kier molecular flexibility index (Phi) is 5.56. The SMILES string of the molecule is CN(Cc1ccc(N2CCOCC2)cc1)C(=O)c1ccc(F)cc1Cl. The molecule has 1 aliphatic heterocycles. The minimum Gasteiger partial charge on any atom is -0.378 e. The molecule has 0 N–H and O–H groups in total. The van der Waals surface area contributed by atoms with E-state index in [1.165, 1.54) is 12.1 Å². The molecule has 0 atom stereocenters. The molecule has 2 aromatic carbocycles. The van der Waals surface area contributed by atoms with E-state index in [1.807, 2.05) is 12.1 Å². The molecule has 25 heavy (non-hydrogen) atoms. The Morgan fingerprint density at radius 3 is 2.52 bits per heavy atom. The van der Waals surface area contributed by atoms with Crippen LogP contribution in [0.5, 0.6) is 0 Å². The molecule has 1 aliphatic rings. The third-order valence-electron chi connectivity index (χ3n) is 4.24. The minimum atomic E-state index is -0.456. The van der Waals surface area contributed by atoms with Gasteiger partial charge in [-0.05, 0) is 35.9 Å². The van der Waals surface area contributed by atoms with Gasteiger partial charge < -0.3 is 14.5 Å². The number of amides is 1. The summed E-state index contributed by atoms with van der Waals surface area (Å²) in [5.41, 5.74) is 2.48. The van der Waals surface area contributed by atoms with Gasteiger partial charge in [0.15, 0.2) is 0 Å². The zero-order valence-corrected chi connectivity index (χ0v) is 14.8. The number of hydrogen-bond donors (Lipinski definition) is 0. The summed E-state index contributed by atoms with van der Waals surface area (Å²) < 4.78 is 18.5. The molecule has 4 nitrogen and oxygen atoms in total. The van der Waals surface area contributed by atoms with Crippen LogP contribution in [0.4, 0.5) is 10.1 Å². The van der Waals surface area contributed by atoms with E-state index in [9.17, 15) is 9.18 Å². The second kappa shape index (κ2) is 7.85. The maximum Gasteiger partial charge on any atom is 0.255 e. The van der Waals surface area contributed by atoms with Crippen LogP contribution in [0.3, 0.4) is 0 Å².